The number of aromatic nitrogens is 2. The number of nitrogens with one attached hydrogen (secondary N) is 1. The zero-order valence-corrected chi connectivity index (χ0v) is 13.2. The average molecular weight is 293 g/mol. The molecule has 0 aromatic carbocycles. The fraction of sp³-hybridized carbons (Fsp3) is 0.667. The number of nitrogens with zero attached hydrogens (tertiary/aromatic N) is 2. The number of rotatable bonds is 4. The summed E-state index contributed by atoms with van der Waals surface area (Å²) < 4.78 is 7.54. The maximum Gasteiger partial charge on any atom is 0.237 e. The van der Waals surface area contributed by atoms with E-state index in [1.54, 1.807) is 18.4 Å². The fourth-order valence-electron chi connectivity index (χ4n) is 3.23. The summed E-state index contributed by atoms with van der Waals surface area (Å²) in [4.78, 5) is 5.51. The number of fused-ring (bicyclic) bond motifs is 1. The molecule has 0 saturated heterocycles. The maximum absolute atomic E-state index is 5.41. The van der Waals surface area contributed by atoms with Crippen molar-refractivity contribution in [2.45, 2.75) is 45.7 Å². The van der Waals surface area contributed by atoms with E-state index in [0.29, 0.717) is 6.04 Å². The molecule has 3 unspecified atom stereocenters. The molecular formula is C15H23N3OS. The van der Waals surface area contributed by atoms with Gasteiger partial charge in [0.15, 0.2) is 4.96 Å². The summed E-state index contributed by atoms with van der Waals surface area (Å²) in [5.41, 5.74) is 1.13. The van der Waals surface area contributed by atoms with Crippen molar-refractivity contribution in [1.29, 1.82) is 0 Å². The van der Waals surface area contributed by atoms with Gasteiger partial charge in [0.1, 0.15) is 5.69 Å². The highest BCUT2D eigenvalue weighted by Gasteiger charge is 2.27. The molecule has 1 saturated carbocycles. The van der Waals surface area contributed by atoms with E-state index in [4.69, 9.17) is 4.74 Å². The van der Waals surface area contributed by atoms with E-state index in [0.717, 1.165) is 34.9 Å². The highest BCUT2D eigenvalue weighted by atomic mass is 32.1. The second-order valence-corrected chi connectivity index (χ2v) is 6.75. The first kappa shape index (κ1) is 13.9. The molecule has 110 valence electrons. The van der Waals surface area contributed by atoms with E-state index in [2.05, 4.69) is 40.1 Å². The van der Waals surface area contributed by atoms with Crippen LogP contribution < -0.4 is 10.1 Å². The van der Waals surface area contributed by atoms with E-state index in [-0.39, 0.29) is 0 Å². The molecule has 5 heteroatoms. The number of methoxy groups -OCH3 is 1. The van der Waals surface area contributed by atoms with Crippen molar-refractivity contribution in [2.75, 3.05) is 7.11 Å². The largest absolute Gasteiger partial charge is 0.480 e. The van der Waals surface area contributed by atoms with Crippen molar-refractivity contribution in [2.24, 2.45) is 11.8 Å². The molecule has 0 bridgehead atoms. The molecule has 1 N–H and O–H groups in total. The molecule has 2 aromatic heterocycles. The van der Waals surface area contributed by atoms with Gasteiger partial charge < -0.3 is 10.1 Å². The molecule has 1 fully saturated rings. The number of ether oxygens (including phenoxy) is 1. The fourth-order valence-corrected chi connectivity index (χ4v) is 3.96. The third-order valence-corrected chi connectivity index (χ3v) is 5.51. The number of hydrogen-bond donors (Lipinski definition) is 1. The van der Waals surface area contributed by atoms with Crippen LogP contribution in [-0.2, 0) is 6.54 Å². The molecular weight excluding hydrogens is 270 g/mol. The Kier molecular flexibility index (Phi) is 3.98. The Balaban J connectivity index is 1.74. The monoisotopic (exact) mass is 293 g/mol. The van der Waals surface area contributed by atoms with Gasteiger partial charge in [0.25, 0.3) is 0 Å². The Morgan fingerprint density at radius 1 is 1.45 bits per heavy atom. The molecule has 1 aliphatic carbocycles. The maximum atomic E-state index is 5.41. The lowest BCUT2D eigenvalue weighted by atomic mass is 9.78. The first-order valence-electron chi connectivity index (χ1n) is 7.42. The van der Waals surface area contributed by atoms with Crippen LogP contribution in [0.2, 0.25) is 0 Å². The van der Waals surface area contributed by atoms with E-state index in [1.807, 2.05) is 0 Å². The lowest BCUT2D eigenvalue weighted by molar-refractivity contribution is 0.205. The topological polar surface area (TPSA) is 38.6 Å². The van der Waals surface area contributed by atoms with Crippen LogP contribution in [0.15, 0.2) is 11.6 Å². The van der Waals surface area contributed by atoms with Crippen LogP contribution in [0.3, 0.4) is 0 Å². The van der Waals surface area contributed by atoms with Crippen molar-refractivity contribution in [1.82, 2.24) is 14.7 Å². The summed E-state index contributed by atoms with van der Waals surface area (Å²) in [7, 11) is 1.70. The average Bonchev–Trinajstić information content (AvgIpc) is 3.01. The molecule has 1 aliphatic rings. The van der Waals surface area contributed by atoms with Crippen LogP contribution >= 0.6 is 11.3 Å². The second kappa shape index (κ2) is 5.74. The van der Waals surface area contributed by atoms with Crippen LogP contribution in [0, 0.1) is 11.8 Å². The quantitative estimate of drug-likeness (QED) is 0.940. The van der Waals surface area contributed by atoms with Gasteiger partial charge in [-0.25, -0.2) is 0 Å². The summed E-state index contributed by atoms with van der Waals surface area (Å²) in [6, 6.07) is 0.604. The molecule has 20 heavy (non-hydrogen) atoms. The van der Waals surface area contributed by atoms with Crippen LogP contribution in [0.4, 0.5) is 0 Å². The molecule has 3 atom stereocenters. The van der Waals surface area contributed by atoms with Crippen molar-refractivity contribution in [3.05, 3.63) is 17.3 Å². The van der Waals surface area contributed by atoms with E-state index < -0.39 is 0 Å². The van der Waals surface area contributed by atoms with Gasteiger partial charge in [0.05, 0.1) is 7.11 Å². The van der Waals surface area contributed by atoms with E-state index >= 15 is 0 Å². The van der Waals surface area contributed by atoms with Crippen molar-refractivity contribution in [3.63, 3.8) is 0 Å². The van der Waals surface area contributed by atoms with Gasteiger partial charge in [0.2, 0.25) is 5.88 Å². The predicted octanol–water partition coefficient (Wildman–Crippen LogP) is 3.32. The standard InChI is InChI=1S/C15H23N3OS/c1-10-5-4-6-12(11(10)2)16-9-13-14(19-3)17-15-18(13)7-8-20-15/h7-8,10-12,16H,4-6,9H2,1-3H3. The molecule has 0 spiro atoms. The SMILES string of the molecule is COc1nc2sccn2c1CNC1CCCC(C)C1C. The Morgan fingerprint density at radius 3 is 3.10 bits per heavy atom. The Morgan fingerprint density at radius 2 is 2.30 bits per heavy atom. The molecule has 3 rings (SSSR count). The predicted molar refractivity (Wildman–Crippen MR) is 82.4 cm³/mol. The Hall–Kier alpha value is -1.07. The smallest absolute Gasteiger partial charge is 0.237 e. The van der Waals surface area contributed by atoms with Gasteiger partial charge in [-0.15, -0.1) is 11.3 Å². The zero-order chi connectivity index (χ0) is 14.1. The van der Waals surface area contributed by atoms with Crippen LogP contribution in [0.25, 0.3) is 4.96 Å². The molecule has 0 aliphatic heterocycles. The Labute approximate surface area is 124 Å². The molecule has 4 nitrogen and oxygen atoms in total. The number of thiazole rings is 1. The zero-order valence-electron chi connectivity index (χ0n) is 12.4. The normalized spacial score (nSPS) is 27.1. The number of imidazole rings is 1. The second-order valence-electron chi connectivity index (χ2n) is 5.88. The van der Waals surface area contributed by atoms with Gasteiger partial charge >= 0.3 is 0 Å². The van der Waals surface area contributed by atoms with Crippen molar-refractivity contribution < 1.29 is 4.74 Å². The van der Waals surface area contributed by atoms with Gasteiger partial charge in [-0.05, 0) is 18.3 Å². The summed E-state index contributed by atoms with van der Waals surface area (Å²) in [5, 5.41) is 5.79. The highest BCUT2D eigenvalue weighted by molar-refractivity contribution is 7.15. The molecule has 2 aromatic rings. The van der Waals surface area contributed by atoms with Gasteiger partial charge in [-0.1, -0.05) is 26.7 Å². The summed E-state index contributed by atoms with van der Waals surface area (Å²) in [5.74, 6) is 2.30. The third-order valence-electron chi connectivity index (χ3n) is 4.76. The van der Waals surface area contributed by atoms with E-state index in [9.17, 15) is 0 Å². The van der Waals surface area contributed by atoms with Crippen LogP contribution in [0.5, 0.6) is 5.88 Å². The van der Waals surface area contributed by atoms with Gasteiger partial charge in [-0.3, -0.25) is 4.40 Å². The summed E-state index contributed by atoms with van der Waals surface area (Å²) in [6.45, 7) is 5.56. The first-order chi connectivity index (χ1) is 9.70. The van der Waals surface area contributed by atoms with E-state index in [1.165, 1.54) is 19.3 Å². The van der Waals surface area contributed by atoms with Crippen LogP contribution in [-0.4, -0.2) is 22.5 Å². The van der Waals surface area contributed by atoms with Crippen LogP contribution in [0.1, 0.15) is 38.8 Å². The minimum absolute atomic E-state index is 0.604. The first-order valence-corrected chi connectivity index (χ1v) is 8.30. The summed E-state index contributed by atoms with van der Waals surface area (Å²) >= 11 is 1.64. The summed E-state index contributed by atoms with van der Waals surface area (Å²) in [6.07, 6.45) is 6.05. The lowest BCUT2D eigenvalue weighted by Gasteiger charge is -2.34. The lowest BCUT2D eigenvalue weighted by Crippen LogP contribution is -2.40. The van der Waals surface area contributed by atoms with Gasteiger partial charge in [-0.2, -0.15) is 4.98 Å². The molecule has 0 amide bonds. The van der Waals surface area contributed by atoms with Crippen molar-refractivity contribution >= 4 is 16.3 Å². The minimum atomic E-state index is 0.604. The Bertz CT molecular complexity index is 577. The van der Waals surface area contributed by atoms with Gasteiger partial charge in [0, 0.05) is 24.2 Å². The number of hydrogen-bond acceptors (Lipinski definition) is 4. The molecule has 2 heterocycles. The highest BCUT2D eigenvalue weighted by Crippen LogP contribution is 2.30. The third kappa shape index (κ3) is 2.44. The minimum Gasteiger partial charge on any atom is -0.480 e. The molecule has 0 radical (unpaired) electrons. The van der Waals surface area contributed by atoms with Crippen molar-refractivity contribution in [3.8, 4) is 5.88 Å².